The number of nitrogens with one attached hydrogen (secondary N) is 2. The van der Waals surface area contributed by atoms with E-state index in [-0.39, 0.29) is 23.8 Å². The van der Waals surface area contributed by atoms with Crippen LogP contribution in [0.25, 0.3) is 0 Å². The average molecular weight is 373 g/mol. The second kappa shape index (κ2) is 9.22. The summed E-state index contributed by atoms with van der Waals surface area (Å²) in [6.45, 7) is 6.81. The molecular formula is C21H31N3O3. The highest BCUT2D eigenvalue weighted by Gasteiger charge is 2.32. The molecule has 0 spiro atoms. The third-order valence-corrected chi connectivity index (χ3v) is 5.64. The fourth-order valence-electron chi connectivity index (χ4n) is 4.09. The van der Waals surface area contributed by atoms with Gasteiger partial charge in [-0.25, -0.2) is 0 Å². The quantitative estimate of drug-likeness (QED) is 0.803. The Labute approximate surface area is 161 Å². The summed E-state index contributed by atoms with van der Waals surface area (Å²) in [7, 11) is 0. The fourth-order valence-corrected chi connectivity index (χ4v) is 4.09. The number of hydrogen-bond donors (Lipinski definition) is 2. The molecule has 2 aliphatic rings. The van der Waals surface area contributed by atoms with Gasteiger partial charge in [0.15, 0.2) is 0 Å². The van der Waals surface area contributed by atoms with Crippen molar-refractivity contribution in [3.8, 4) is 0 Å². The van der Waals surface area contributed by atoms with Crippen molar-refractivity contribution in [1.29, 1.82) is 0 Å². The first-order valence-electron chi connectivity index (χ1n) is 10.0. The molecule has 1 saturated carbocycles. The van der Waals surface area contributed by atoms with E-state index in [0.717, 1.165) is 57.6 Å². The summed E-state index contributed by atoms with van der Waals surface area (Å²) in [6, 6.07) is 7.81. The highest BCUT2D eigenvalue weighted by atomic mass is 16.5. The van der Waals surface area contributed by atoms with E-state index in [4.69, 9.17) is 4.74 Å². The summed E-state index contributed by atoms with van der Waals surface area (Å²) in [6.07, 6.45) is 4.27. The molecule has 27 heavy (non-hydrogen) atoms. The van der Waals surface area contributed by atoms with Gasteiger partial charge in [-0.3, -0.25) is 9.59 Å². The lowest BCUT2D eigenvalue weighted by Gasteiger charge is -2.29. The highest BCUT2D eigenvalue weighted by Crippen LogP contribution is 2.28. The molecule has 1 aliphatic heterocycles. The molecule has 1 saturated heterocycles. The number of ether oxygens (including phenoxy) is 1. The molecule has 2 amide bonds. The minimum atomic E-state index is -0.430. The predicted octanol–water partition coefficient (Wildman–Crippen LogP) is 2.40. The summed E-state index contributed by atoms with van der Waals surface area (Å²) >= 11 is 0. The molecule has 0 bridgehead atoms. The van der Waals surface area contributed by atoms with Gasteiger partial charge >= 0.3 is 0 Å². The van der Waals surface area contributed by atoms with Crippen molar-refractivity contribution in [2.75, 3.05) is 31.2 Å². The summed E-state index contributed by atoms with van der Waals surface area (Å²) in [5.74, 6) is 0.0104. The van der Waals surface area contributed by atoms with Crippen molar-refractivity contribution in [3.63, 3.8) is 0 Å². The van der Waals surface area contributed by atoms with Crippen LogP contribution in [0.1, 0.15) is 51.1 Å². The first-order valence-corrected chi connectivity index (χ1v) is 10.0. The van der Waals surface area contributed by atoms with Crippen LogP contribution in [0.3, 0.4) is 0 Å². The normalized spacial score (nSPS) is 20.1. The number of amides is 2. The van der Waals surface area contributed by atoms with Gasteiger partial charge in [0.05, 0.1) is 19.3 Å². The standard InChI is InChI=1S/C21H31N3O3/c1-15(17-7-9-19(10-8-17)24-11-13-27-14-12-24)22-21(26)20(23-16(2)25)18-5-3-4-6-18/h7-10,15,18,20H,3-6,11-14H2,1-2H3,(H,22,26)(H,23,25). The Hall–Kier alpha value is -2.08. The molecule has 6 heteroatoms. The number of hydrogen-bond acceptors (Lipinski definition) is 4. The molecule has 0 aromatic heterocycles. The zero-order valence-corrected chi connectivity index (χ0v) is 16.4. The van der Waals surface area contributed by atoms with E-state index in [1.165, 1.54) is 12.6 Å². The number of rotatable bonds is 6. The molecule has 1 aliphatic carbocycles. The number of benzene rings is 1. The molecule has 2 N–H and O–H groups in total. The van der Waals surface area contributed by atoms with E-state index in [9.17, 15) is 9.59 Å². The van der Waals surface area contributed by atoms with Crippen LogP contribution in [0.2, 0.25) is 0 Å². The van der Waals surface area contributed by atoms with Gasteiger partial charge in [0.25, 0.3) is 0 Å². The molecule has 6 nitrogen and oxygen atoms in total. The molecule has 1 aromatic rings. The van der Waals surface area contributed by atoms with E-state index in [2.05, 4.69) is 39.8 Å². The highest BCUT2D eigenvalue weighted by molar-refractivity contribution is 5.87. The lowest BCUT2D eigenvalue weighted by Crippen LogP contribution is -2.50. The van der Waals surface area contributed by atoms with E-state index < -0.39 is 6.04 Å². The SMILES string of the molecule is CC(=O)NC(C(=O)NC(C)c1ccc(N2CCOCC2)cc1)C1CCCC1. The molecule has 0 radical (unpaired) electrons. The van der Waals surface area contributed by atoms with Gasteiger partial charge in [-0.1, -0.05) is 25.0 Å². The second-order valence-electron chi connectivity index (χ2n) is 7.64. The summed E-state index contributed by atoms with van der Waals surface area (Å²) in [5, 5.41) is 5.95. The Kier molecular flexibility index (Phi) is 6.72. The van der Waals surface area contributed by atoms with Crippen molar-refractivity contribution in [3.05, 3.63) is 29.8 Å². The Morgan fingerprint density at radius 2 is 1.70 bits per heavy atom. The average Bonchev–Trinajstić information content (AvgIpc) is 3.21. The second-order valence-corrected chi connectivity index (χ2v) is 7.64. The minimum absolute atomic E-state index is 0.0816. The van der Waals surface area contributed by atoms with E-state index in [1.54, 1.807) is 0 Å². The zero-order chi connectivity index (χ0) is 19.2. The van der Waals surface area contributed by atoms with Crippen LogP contribution >= 0.6 is 0 Å². The lowest BCUT2D eigenvalue weighted by molar-refractivity contribution is -0.129. The number of nitrogens with zero attached hydrogens (tertiary/aromatic N) is 1. The molecule has 2 atom stereocenters. The molecule has 3 rings (SSSR count). The van der Waals surface area contributed by atoms with Gasteiger partial charge in [-0.2, -0.15) is 0 Å². The number of morpholine rings is 1. The Balaban J connectivity index is 1.61. The van der Waals surface area contributed by atoms with Gasteiger partial charge in [-0.15, -0.1) is 0 Å². The minimum Gasteiger partial charge on any atom is -0.378 e. The monoisotopic (exact) mass is 373 g/mol. The van der Waals surface area contributed by atoms with Crippen LogP contribution < -0.4 is 15.5 Å². The largest absolute Gasteiger partial charge is 0.378 e. The zero-order valence-electron chi connectivity index (χ0n) is 16.4. The van der Waals surface area contributed by atoms with Gasteiger partial charge in [0.1, 0.15) is 6.04 Å². The van der Waals surface area contributed by atoms with Crippen molar-refractivity contribution >= 4 is 17.5 Å². The maximum Gasteiger partial charge on any atom is 0.243 e. The maximum atomic E-state index is 12.8. The van der Waals surface area contributed by atoms with Gasteiger partial charge in [0, 0.05) is 25.7 Å². The fraction of sp³-hybridized carbons (Fsp3) is 0.619. The molecule has 148 valence electrons. The van der Waals surface area contributed by atoms with Gasteiger partial charge in [-0.05, 0) is 43.4 Å². The van der Waals surface area contributed by atoms with Crippen molar-refractivity contribution in [1.82, 2.24) is 10.6 Å². The van der Waals surface area contributed by atoms with Crippen molar-refractivity contribution < 1.29 is 14.3 Å². The number of carbonyl (C=O) groups is 2. The smallest absolute Gasteiger partial charge is 0.243 e. The first kappa shape index (κ1) is 19.7. The van der Waals surface area contributed by atoms with E-state index in [0.29, 0.717) is 0 Å². The molecular weight excluding hydrogens is 342 g/mol. The summed E-state index contributed by atoms with van der Waals surface area (Å²) in [4.78, 5) is 26.7. The van der Waals surface area contributed by atoms with E-state index >= 15 is 0 Å². The molecule has 2 fully saturated rings. The molecule has 1 aromatic carbocycles. The lowest BCUT2D eigenvalue weighted by atomic mass is 9.96. The van der Waals surface area contributed by atoms with Crippen LogP contribution in [-0.2, 0) is 14.3 Å². The van der Waals surface area contributed by atoms with Crippen molar-refractivity contribution in [2.45, 2.75) is 51.6 Å². The van der Waals surface area contributed by atoms with E-state index in [1.807, 2.05) is 6.92 Å². The van der Waals surface area contributed by atoms with Crippen molar-refractivity contribution in [2.24, 2.45) is 5.92 Å². The number of carbonyl (C=O) groups excluding carboxylic acids is 2. The molecule has 1 heterocycles. The third-order valence-electron chi connectivity index (χ3n) is 5.64. The number of anilines is 1. The predicted molar refractivity (Wildman–Crippen MR) is 106 cm³/mol. The summed E-state index contributed by atoms with van der Waals surface area (Å²) in [5.41, 5.74) is 2.25. The van der Waals surface area contributed by atoms with Crippen LogP contribution in [0, 0.1) is 5.92 Å². The van der Waals surface area contributed by atoms with Crippen LogP contribution in [-0.4, -0.2) is 44.2 Å². The maximum absolute atomic E-state index is 12.8. The Morgan fingerprint density at radius 3 is 2.30 bits per heavy atom. The van der Waals surface area contributed by atoms with Gasteiger partial charge in [0.2, 0.25) is 11.8 Å². The van der Waals surface area contributed by atoms with Gasteiger partial charge < -0.3 is 20.3 Å². The Morgan fingerprint density at radius 1 is 1.07 bits per heavy atom. The van der Waals surface area contributed by atoms with Crippen LogP contribution in [0.15, 0.2) is 24.3 Å². The first-order chi connectivity index (χ1) is 13.0. The Bertz CT molecular complexity index is 635. The third kappa shape index (κ3) is 5.22. The topological polar surface area (TPSA) is 70.7 Å². The molecule has 2 unspecified atom stereocenters. The summed E-state index contributed by atoms with van der Waals surface area (Å²) < 4.78 is 5.40. The van der Waals surface area contributed by atoms with Crippen LogP contribution in [0.5, 0.6) is 0 Å². The van der Waals surface area contributed by atoms with Crippen LogP contribution in [0.4, 0.5) is 5.69 Å².